The topological polar surface area (TPSA) is 95.7 Å². The maximum atomic E-state index is 11.1. The number of nitro groups is 1. The van der Waals surface area contributed by atoms with E-state index in [2.05, 4.69) is 15.9 Å². The predicted molar refractivity (Wildman–Crippen MR) is 72.0 cm³/mol. The van der Waals surface area contributed by atoms with Gasteiger partial charge in [0.25, 0.3) is 12.0 Å². The van der Waals surface area contributed by atoms with E-state index in [0.717, 1.165) is 13.8 Å². The van der Waals surface area contributed by atoms with Crippen molar-refractivity contribution >= 4 is 33.6 Å². The number of alkyl halides is 1. The first-order valence-corrected chi connectivity index (χ1v) is 6.65. The van der Waals surface area contributed by atoms with Gasteiger partial charge in [0, 0.05) is 36.9 Å². The average Bonchev–Trinajstić information content (AvgIpc) is 2.36. The second kappa shape index (κ2) is 6.99. The number of nitro benzene ring substituents is 1. The number of carbonyl (C=O) groups is 2. The molecule has 7 nitrogen and oxygen atoms in total. The Morgan fingerprint density at radius 2 is 1.85 bits per heavy atom. The summed E-state index contributed by atoms with van der Waals surface area (Å²) >= 11 is 3.22. The van der Waals surface area contributed by atoms with E-state index in [-0.39, 0.29) is 11.3 Å². The third-order valence-corrected chi connectivity index (χ3v) is 2.89. The molecule has 0 N–H and O–H groups in total. The normalized spacial score (nSPS) is 10.2. The summed E-state index contributed by atoms with van der Waals surface area (Å²) in [6, 6.07) is 4.04. The van der Waals surface area contributed by atoms with Crippen molar-refractivity contribution in [3.63, 3.8) is 0 Å². The molecule has 0 fully saturated rings. The Balaban J connectivity index is 3.27. The first kappa shape index (κ1) is 16.1. The van der Waals surface area contributed by atoms with E-state index < -0.39 is 23.2 Å². The van der Waals surface area contributed by atoms with Gasteiger partial charge in [0.2, 0.25) is 0 Å². The molecule has 1 aromatic rings. The summed E-state index contributed by atoms with van der Waals surface area (Å²) in [6.07, 6.45) is -1.31. The molecule has 0 saturated heterocycles. The molecule has 0 amide bonds. The number of carbonyl (C=O) groups excluding carboxylic acids is 2. The van der Waals surface area contributed by atoms with Crippen molar-refractivity contribution < 1.29 is 24.0 Å². The van der Waals surface area contributed by atoms with Crippen LogP contribution in [0, 0.1) is 10.1 Å². The number of ether oxygens (including phenoxy) is 2. The van der Waals surface area contributed by atoms with E-state index in [9.17, 15) is 19.7 Å². The molecular weight excluding hydrogens is 334 g/mol. The van der Waals surface area contributed by atoms with Gasteiger partial charge in [-0.3, -0.25) is 19.7 Å². The first-order valence-electron chi connectivity index (χ1n) is 5.52. The third kappa shape index (κ3) is 4.30. The fraction of sp³-hybridized carbons (Fsp3) is 0.333. The summed E-state index contributed by atoms with van der Waals surface area (Å²) in [4.78, 5) is 32.4. The quantitative estimate of drug-likeness (QED) is 0.267. The molecule has 8 heteroatoms. The highest BCUT2D eigenvalue weighted by Gasteiger charge is 2.23. The van der Waals surface area contributed by atoms with Crippen LogP contribution in [0.3, 0.4) is 0 Å². The van der Waals surface area contributed by atoms with Gasteiger partial charge < -0.3 is 9.47 Å². The van der Waals surface area contributed by atoms with Gasteiger partial charge in [-0.25, -0.2) is 0 Å². The van der Waals surface area contributed by atoms with Crippen LogP contribution < -0.4 is 0 Å². The molecule has 0 aliphatic carbocycles. The Labute approximate surface area is 123 Å². The molecule has 0 aliphatic heterocycles. The summed E-state index contributed by atoms with van der Waals surface area (Å²) < 4.78 is 9.80. The largest absolute Gasteiger partial charge is 0.421 e. The van der Waals surface area contributed by atoms with Crippen LogP contribution in [0.5, 0.6) is 0 Å². The summed E-state index contributed by atoms with van der Waals surface area (Å²) in [5, 5.41) is 11.2. The Hall–Kier alpha value is -1.96. The van der Waals surface area contributed by atoms with Crippen LogP contribution in [0.25, 0.3) is 0 Å². The monoisotopic (exact) mass is 345 g/mol. The molecule has 0 saturated carbocycles. The van der Waals surface area contributed by atoms with Gasteiger partial charge in [-0.2, -0.15) is 0 Å². The molecular formula is C12H12BrNO6. The lowest BCUT2D eigenvalue weighted by Gasteiger charge is -2.19. The number of esters is 2. The second-order valence-electron chi connectivity index (χ2n) is 3.82. The zero-order chi connectivity index (χ0) is 15.3. The summed E-state index contributed by atoms with van der Waals surface area (Å²) in [7, 11) is 0. The molecule has 0 atom stereocenters. The lowest BCUT2D eigenvalue weighted by atomic mass is 10.1. The zero-order valence-electron chi connectivity index (χ0n) is 10.8. The van der Waals surface area contributed by atoms with Crippen LogP contribution in [0.4, 0.5) is 5.69 Å². The zero-order valence-corrected chi connectivity index (χ0v) is 12.4. The van der Waals surface area contributed by atoms with Gasteiger partial charge in [0.1, 0.15) is 0 Å². The summed E-state index contributed by atoms with van der Waals surface area (Å²) in [5.74, 6) is -1.33. The first-order chi connectivity index (χ1) is 9.35. The lowest BCUT2D eigenvalue weighted by molar-refractivity contribution is -0.385. The van der Waals surface area contributed by atoms with Gasteiger partial charge in [-0.15, -0.1) is 0 Å². The van der Waals surface area contributed by atoms with Crippen LogP contribution in [-0.4, -0.2) is 16.9 Å². The van der Waals surface area contributed by atoms with Crippen LogP contribution in [0.15, 0.2) is 18.2 Å². The average molecular weight is 346 g/mol. The second-order valence-corrected chi connectivity index (χ2v) is 4.39. The molecule has 108 valence electrons. The number of nitrogens with zero attached hydrogens (tertiary/aromatic N) is 1. The summed E-state index contributed by atoms with van der Waals surface area (Å²) in [5.41, 5.74) is 0.679. The highest BCUT2D eigenvalue weighted by molar-refractivity contribution is 9.08. The minimum absolute atomic E-state index is 0.186. The highest BCUT2D eigenvalue weighted by atomic mass is 79.9. The maximum Gasteiger partial charge on any atom is 0.305 e. The Bertz CT molecular complexity index is 529. The lowest BCUT2D eigenvalue weighted by Crippen LogP contribution is -2.16. The number of hydrogen-bond acceptors (Lipinski definition) is 6. The van der Waals surface area contributed by atoms with Gasteiger partial charge in [-0.1, -0.05) is 22.0 Å². The molecule has 0 spiro atoms. The molecule has 20 heavy (non-hydrogen) atoms. The third-order valence-electron chi connectivity index (χ3n) is 2.28. The van der Waals surface area contributed by atoms with E-state index in [1.165, 1.54) is 18.2 Å². The number of rotatable bonds is 5. The van der Waals surface area contributed by atoms with Gasteiger partial charge >= 0.3 is 11.9 Å². The van der Waals surface area contributed by atoms with Crippen LogP contribution >= 0.6 is 15.9 Å². The number of hydrogen-bond donors (Lipinski definition) is 0. The fourth-order valence-electron chi connectivity index (χ4n) is 1.49. The van der Waals surface area contributed by atoms with Crippen LogP contribution in [0.2, 0.25) is 0 Å². The van der Waals surface area contributed by atoms with Crippen molar-refractivity contribution in [2.75, 3.05) is 0 Å². The van der Waals surface area contributed by atoms with Crippen molar-refractivity contribution in [1.82, 2.24) is 0 Å². The molecule has 0 radical (unpaired) electrons. The Morgan fingerprint density at radius 1 is 1.30 bits per heavy atom. The molecule has 0 aliphatic rings. The molecule has 0 bridgehead atoms. The van der Waals surface area contributed by atoms with E-state index in [0.29, 0.717) is 10.9 Å². The fourth-order valence-corrected chi connectivity index (χ4v) is 2.00. The Kier molecular flexibility index (Phi) is 5.63. The molecule has 1 aromatic carbocycles. The molecule has 1 rings (SSSR count). The van der Waals surface area contributed by atoms with Gasteiger partial charge in [-0.05, 0) is 5.56 Å². The van der Waals surface area contributed by atoms with Crippen LogP contribution in [0.1, 0.15) is 31.3 Å². The van der Waals surface area contributed by atoms with Crippen LogP contribution in [-0.2, 0) is 24.4 Å². The summed E-state index contributed by atoms with van der Waals surface area (Å²) in [6.45, 7) is 2.31. The number of non-ortho nitro benzene ring substituents is 1. The van der Waals surface area contributed by atoms with Crippen molar-refractivity contribution in [1.29, 1.82) is 0 Å². The van der Waals surface area contributed by atoms with Crippen molar-refractivity contribution in [3.8, 4) is 0 Å². The van der Waals surface area contributed by atoms with E-state index in [4.69, 9.17) is 9.47 Å². The maximum absolute atomic E-state index is 11.1. The van der Waals surface area contributed by atoms with Gasteiger partial charge in [0.15, 0.2) is 0 Å². The molecule has 0 aromatic heterocycles. The number of halogens is 1. The minimum Gasteiger partial charge on any atom is -0.421 e. The Morgan fingerprint density at radius 3 is 2.25 bits per heavy atom. The van der Waals surface area contributed by atoms with Crippen molar-refractivity contribution in [2.45, 2.75) is 25.5 Å². The predicted octanol–water partition coefficient (Wildman–Crippen LogP) is 2.61. The van der Waals surface area contributed by atoms with Gasteiger partial charge in [0.05, 0.1) is 4.92 Å². The minimum atomic E-state index is -1.31. The smallest absolute Gasteiger partial charge is 0.305 e. The molecule has 0 heterocycles. The number of benzene rings is 1. The van der Waals surface area contributed by atoms with Crippen molar-refractivity contribution in [2.24, 2.45) is 0 Å². The van der Waals surface area contributed by atoms with E-state index >= 15 is 0 Å². The van der Waals surface area contributed by atoms with Crippen molar-refractivity contribution in [3.05, 3.63) is 39.4 Å². The highest BCUT2D eigenvalue weighted by Crippen LogP contribution is 2.28. The standard InChI is InChI=1S/C12H12BrNO6/c1-7(15)19-12(20-8(2)16)11-5-10(14(17)18)4-3-9(11)6-13/h3-5,12H,6H2,1-2H3. The van der Waals surface area contributed by atoms with E-state index in [1.807, 2.05) is 0 Å². The molecule has 0 unspecified atom stereocenters. The van der Waals surface area contributed by atoms with E-state index in [1.54, 1.807) is 0 Å². The SMILES string of the molecule is CC(=O)OC(OC(C)=O)c1cc([N+](=O)[O-])ccc1CBr.